The zero-order chi connectivity index (χ0) is 9.41. The molecule has 2 atom stereocenters. The minimum absolute atomic E-state index is 0.0974. The molecule has 0 bridgehead atoms. The van der Waals surface area contributed by atoms with Crippen molar-refractivity contribution in [3.05, 3.63) is 12.7 Å². The molecule has 1 heterocycles. The quantitative estimate of drug-likeness (QED) is 0.609. The van der Waals surface area contributed by atoms with Gasteiger partial charge in [0.2, 0.25) is 0 Å². The van der Waals surface area contributed by atoms with Crippen LogP contribution in [0.15, 0.2) is 12.7 Å². The third kappa shape index (κ3) is 1.54. The molecular formula is C10H18O2. The summed E-state index contributed by atoms with van der Waals surface area (Å²) in [6.45, 7) is 9.36. The molecule has 70 valence electrons. The Kier molecular flexibility index (Phi) is 2.32. The van der Waals surface area contributed by atoms with Crippen LogP contribution < -0.4 is 0 Å². The van der Waals surface area contributed by atoms with E-state index < -0.39 is 11.2 Å². The number of hydrogen-bond donors (Lipinski definition) is 1. The van der Waals surface area contributed by atoms with E-state index in [0.717, 1.165) is 12.8 Å². The van der Waals surface area contributed by atoms with Gasteiger partial charge in [0.05, 0.1) is 17.3 Å². The Morgan fingerprint density at radius 2 is 2.08 bits per heavy atom. The largest absolute Gasteiger partial charge is 0.387 e. The minimum atomic E-state index is -0.716. The molecule has 2 nitrogen and oxygen atoms in total. The fourth-order valence-electron chi connectivity index (χ4n) is 1.45. The molecule has 2 heteroatoms. The highest BCUT2D eigenvalue weighted by Gasteiger charge is 2.44. The maximum atomic E-state index is 9.96. The van der Waals surface area contributed by atoms with E-state index in [1.54, 1.807) is 6.08 Å². The van der Waals surface area contributed by atoms with Gasteiger partial charge in [-0.1, -0.05) is 6.08 Å². The van der Waals surface area contributed by atoms with Crippen molar-refractivity contribution in [3.63, 3.8) is 0 Å². The third-order valence-corrected chi connectivity index (χ3v) is 2.92. The first-order chi connectivity index (χ1) is 5.39. The van der Waals surface area contributed by atoms with Gasteiger partial charge in [-0.15, -0.1) is 6.58 Å². The Bertz CT molecular complexity index is 182. The van der Waals surface area contributed by atoms with Crippen molar-refractivity contribution in [1.82, 2.24) is 0 Å². The van der Waals surface area contributed by atoms with E-state index >= 15 is 0 Å². The van der Waals surface area contributed by atoms with Crippen molar-refractivity contribution < 1.29 is 9.84 Å². The summed E-state index contributed by atoms with van der Waals surface area (Å²) in [6, 6.07) is 0. The van der Waals surface area contributed by atoms with Crippen LogP contribution in [-0.2, 0) is 4.74 Å². The van der Waals surface area contributed by atoms with Gasteiger partial charge in [0, 0.05) is 0 Å². The van der Waals surface area contributed by atoms with Crippen LogP contribution >= 0.6 is 0 Å². The van der Waals surface area contributed by atoms with E-state index in [9.17, 15) is 5.11 Å². The highest BCUT2D eigenvalue weighted by Crippen LogP contribution is 2.36. The first kappa shape index (κ1) is 9.75. The Labute approximate surface area is 74.2 Å². The molecule has 1 saturated heterocycles. The van der Waals surface area contributed by atoms with Gasteiger partial charge in [0.25, 0.3) is 0 Å². The maximum Gasteiger partial charge on any atom is 0.0917 e. The first-order valence-electron chi connectivity index (χ1n) is 4.42. The van der Waals surface area contributed by atoms with E-state index in [2.05, 4.69) is 6.58 Å². The zero-order valence-electron chi connectivity index (χ0n) is 8.13. The predicted molar refractivity (Wildman–Crippen MR) is 49.0 cm³/mol. The molecule has 0 aliphatic carbocycles. The van der Waals surface area contributed by atoms with Crippen molar-refractivity contribution in [3.8, 4) is 0 Å². The predicted octanol–water partition coefficient (Wildman–Crippen LogP) is 1.88. The Morgan fingerprint density at radius 3 is 2.50 bits per heavy atom. The molecule has 0 amide bonds. The van der Waals surface area contributed by atoms with Gasteiger partial charge in [0.1, 0.15) is 0 Å². The average Bonchev–Trinajstić information content (AvgIpc) is 1.95. The Morgan fingerprint density at radius 1 is 1.50 bits per heavy atom. The highest BCUT2D eigenvalue weighted by molar-refractivity contribution is 4.99. The zero-order valence-corrected chi connectivity index (χ0v) is 8.13. The van der Waals surface area contributed by atoms with Gasteiger partial charge in [-0.2, -0.15) is 0 Å². The van der Waals surface area contributed by atoms with E-state index in [0.29, 0.717) is 0 Å². The van der Waals surface area contributed by atoms with Gasteiger partial charge in [-0.25, -0.2) is 0 Å². The maximum absolute atomic E-state index is 9.96. The fraction of sp³-hybridized carbons (Fsp3) is 0.800. The van der Waals surface area contributed by atoms with Gasteiger partial charge in [-0.05, 0) is 33.6 Å². The lowest BCUT2D eigenvalue weighted by atomic mass is 9.80. The van der Waals surface area contributed by atoms with Crippen LogP contribution in [0.2, 0.25) is 0 Å². The number of hydrogen-bond acceptors (Lipinski definition) is 2. The molecule has 0 spiro atoms. The molecule has 0 saturated carbocycles. The number of aliphatic hydroxyl groups is 1. The Hall–Kier alpha value is -0.340. The van der Waals surface area contributed by atoms with Crippen molar-refractivity contribution >= 4 is 0 Å². The second-order valence-electron chi connectivity index (χ2n) is 4.21. The van der Waals surface area contributed by atoms with Crippen LogP contribution in [0.5, 0.6) is 0 Å². The summed E-state index contributed by atoms with van der Waals surface area (Å²) >= 11 is 0. The second-order valence-corrected chi connectivity index (χ2v) is 4.21. The van der Waals surface area contributed by atoms with E-state index in [1.165, 1.54) is 0 Å². The molecular weight excluding hydrogens is 152 g/mol. The van der Waals surface area contributed by atoms with E-state index in [1.807, 2.05) is 20.8 Å². The van der Waals surface area contributed by atoms with Crippen LogP contribution in [0.25, 0.3) is 0 Å². The molecule has 1 fully saturated rings. The van der Waals surface area contributed by atoms with Gasteiger partial charge in [-0.3, -0.25) is 0 Å². The SMILES string of the molecule is C=CC1CCC(C)(O)C(C)(C)O1. The van der Waals surface area contributed by atoms with Crippen LogP contribution in [0.1, 0.15) is 33.6 Å². The lowest BCUT2D eigenvalue weighted by molar-refractivity contribution is -0.206. The van der Waals surface area contributed by atoms with Crippen LogP contribution in [0.3, 0.4) is 0 Å². The van der Waals surface area contributed by atoms with Gasteiger partial charge >= 0.3 is 0 Å². The summed E-state index contributed by atoms with van der Waals surface area (Å²) < 4.78 is 5.67. The standard InChI is InChI=1S/C10H18O2/c1-5-8-6-7-10(4,11)9(2,3)12-8/h5,8,11H,1,6-7H2,2-4H3. The van der Waals surface area contributed by atoms with Crippen LogP contribution in [-0.4, -0.2) is 22.4 Å². The number of ether oxygens (including phenoxy) is 1. The molecule has 1 aliphatic heterocycles. The number of rotatable bonds is 1. The first-order valence-corrected chi connectivity index (χ1v) is 4.42. The smallest absolute Gasteiger partial charge is 0.0917 e. The van der Waals surface area contributed by atoms with Crippen molar-refractivity contribution in [1.29, 1.82) is 0 Å². The molecule has 2 unspecified atom stereocenters. The van der Waals surface area contributed by atoms with Crippen molar-refractivity contribution in [2.75, 3.05) is 0 Å². The second kappa shape index (κ2) is 2.86. The van der Waals surface area contributed by atoms with E-state index in [-0.39, 0.29) is 6.10 Å². The summed E-state index contributed by atoms with van der Waals surface area (Å²) in [5.74, 6) is 0. The molecule has 0 aromatic heterocycles. The van der Waals surface area contributed by atoms with Crippen LogP contribution in [0.4, 0.5) is 0 Å². The summed E-state index contributed by atoms with van der Waals surface area (Å²) in [5, 5.41) is 9.96. The summed E-state index contributed by atoms with van der Waals surface area (Å²) in [5.41, 5.74) is -1.18. The molecule has 0 aromatic carbocycles. The molecule has 1 N–H and O–H groups in total. The normalized spacial score (nSPS) is 40.8. The summed E-state index contributed by atoms with van der Waals surface area (Å²) in [7, 11) is 0. The van der Waals surface area contributed by atoms with Crippen LogP contribution in [0, 0.1) is 0 Å². The average molecular weight is 170 g/mol. The fourth-order valence-corrected chi connectivity index (χ4v) is 1.45. The minimum Gasteiger partial charge on any atom is -0.387 e. The lowest BCUT2D eigenvalue weighted by Gasteiger charge is -2.46. The topological polar surface area (TPSA) is 29.5 Å². The van der Waals surface area contributed by atoms with Crippen molar-refractivity contribution in [2.45, 2.75) is 50.9 Å². The van der Waals surface area contributed by atoms with Gasteiger partial charge in [0.15, 0.2) is 0 Å². The summed E-state index contributed by atoms with van der Waals surface area (Å²) in [6.07, 6.45) is 3.54. The molecule has 1 aliphatic rings. The molecule has 0 radical (unpaired) electrons. The van der Waals surface area contributed by atoms with Gasteiger partial charge < -0.3 is 9.84 Å². The van der Waals surface area contributed by atoms with Crippen molar-refractivity contribution in [2.24, 2.45) is 0 Å². The molecule has 1 rings (SSSR count). The Balaban J connectivity index is 2.74. The monoisotopic (exact) mass is 170 g/mol. The highest BCUT2D eigenvalue weighted by atomic mass is 16.5. The van der Waals surface area contributed by atoms with E-state index in [4.69, 9.17) is 4.74 Å². The molecule has 12 heavy (non-hydrogen) atoms. The third-order valence-electron chi connectivity index (χ3n) is 2.92. The lowest BCUT2D eigenvalue weighted by Crippen LogP contribution is -2.54. The molecule has 0 aromatic rings. The summed E-state index contributed by atoms with van der Waals surface area (Å²) in [4.78, 5) is 0.